The van der Waals surface area contributed by atoms with Gasteiger partial charge in [-0.1, -0.05) is 24.3 Å². The van der Waals surface area contributed by atoms with Gasteiger partial charge >= 0.3 is 0 Å². The third-order valence-electron chi connectivity index (χ3n) is 3.35. The van der Waals surface area contributed by atoms with Crippen molar-refractivity contribution in [3.8, 4) is 5.69 Å². The summed E-state index contributed by atoms with van der Waals surface area (Å²) in [5.74, 6) is 0.715. The number of halogens is 1. The average Bonchev–Trinajstić information content (AvgIpc) is 3.11. The zero-order valence-electron chi connectivity index (χ0n) is 12.9. The molecule has 0 aliphatic rings. The van der Waals surface area contributed by atoms with Crippen LogP contribution in [-0.2, 0) is 4.79 Å². The SMILES string of the molecule is O=C(CCSc1ccccc1Br)Nc1ccccc1-n1cccn1. The molecular weight excluding hydrogens is 386 g/mol. The fourth-order valence-electron chi connectivity index (χ4n) is 2.22. The maximum absolute atomic E-state index is 12.2. The Bertz CT molecular complexity index is 821. The first kappa shape index (κ1) is 16.8. The molecule has 0 aliphatic heterocycles. The minimum absolute atomic E-state index is 0.00541. The number of aromatic nitrogens is 2. The summed E-state index contributed by atoms with van der Waals surface area (Å²) in [6, 6.07) is 17.5. The average molecular weight is 402 g/mol. The standard InChI is InChI=1S/C18H16BrN3OS/c19-14-6-1-4-9-17(14)24-13-10-18(23)21-15-7-2-3-8-16(15)22-12-5-11-20-22/h1-9,11-12H,10,13H2,(H,21,23). The summed E-state index contributed by atoms with van der Waals surface area (Å²) in [7, 11) is 0. The van der Waals surface area contributed by atoms with Crippen LogP contribution in [0.5, 0.6) is 0 Å². The number of anilines is 1. The summed E-state index contributed by atoms with van der Waals surface area (Å²) in [4.78, 5) is 13.4. The molecule has 0 atom stereocenters. The largest absolute Gasteiger partial charge is 0.324 e. The molecule has 0 aliphatic carbocycles. The Hall–Kier alpha value is -2.05. The third kappa shape index (κ3) is 4.27. The maximum atomic E-state index is 12.2. The van der Waals surface area contributed by atoms with Gasteiger partial charge in [0.1, 0.15) is 0 Å². The molecule has 1 N–H and O–H groups in total. The number of para-hydroxylation sites is 2. The lowest BCUT2D eigenvalue weighted by Gasteiger charge is -2.11. The van der Waals surface area contributed by atoms with E-state index in [1.807, 2.05) is 60.8 Å². The van der Waals surface area contributed by atoms with Crippen LogP contribution >= 0.6 is 27.7 Å². The molecule has 3 rings (SSSR count). The van der Waals surface area contributed by atoms with Gasteiger partial charge in [0, 0.05) is 33.9 Å². The van der Waals surface area contributed by atoms with Gasteiger partial charge in [0.25, 0.3) is 0 Å². The number of benzene rings is 2. The first-order valence-electron chi connectivity index (χ1n) is 7.50. The molecule has 24 heavy (non-hydrogen) atoms. The van der Waals surface area contributed by atoms with Gasteiger partial charge in [0.2, 0.25) is 5.91 Å². The highest BCUT2D eigenvalue weighted by Crippen LogP contribution is 2.27. The first-order valence-corrected chi connectivity index (χ1v) is 9.28. The Balaban J connectivity index is 1.59. The molecule has 4 nitrogen and oxygen atoms in total. The van der Waals surface area contributed by atoms with Crippen LogP contribution in [-0.4, -0.2) is 21.4 Å². The predicted molar refractivity (Wildman–Crippen MR) is 102 cm³/mol. The maximum Gasteiger partial charge on any atom is 0.225 e. The Morgan fingerprint density at radius 3 is 2.71 bits per heavy atom. The van der Waals surface area contributed by atoms with Crippen LogP contribution in [0, 0.1) is 0 Å². The molecule has 1 amide bonds. The van der Waals surface area contributed by atoms with E-state index in [0.717, 1.165) is 26.5 Å². The van der Waals surface area contributed by atoms with E-state index in [-0.39, 0.29) is 5.91 Å². The van der Waals surface area contributed by atoms with E-state index in [1.54, 1.807) is 22.6 Å². The quantitative estimate of drug-likeness (QED) is 0.605. The van der Waals surface area contributed by atoms with Crippen molar-refractivity contribution < 1.29 is 4.79 Å². The molecule has 2 aromatic carbocycles. The van der Waals surface area contributed by atoms with E-state index in [0.29, 0.717) is 6.42 Å². The Labute approximate surface area is 153 Å². The molecule has 1 heterocycles. The van der Waals surface area contributed by atoms with Gasteiger partial charge in [0.15, 0.2) is 0 Å². The molecule has 1 aromatic heterocycles. The molecule has 0 saturated carbocycles. The summed E-state index contributed by atoms with van der Waals surface area (Å²) in [6.07, 6.45) is 4.01. The second-order valence-electron chi connectivity index (χ2n) is 5.04. The van der Waals surface area contributed by atoms with Crippen LogP contribution in [0.2, 0.25) is 0 Å². The third-order valence-corrected chi connectivity index (χ3v) is 5.38. The fraction of sp³-hybridized carbons (Fsp3) is 0.111. The monoisotopic (exact) mass is 401 g/mol. The lowest BCUT2D eigenvalue weighted by atomic mass is 10.2. The van der Waals surface area contributed by atoms with E-state index < -0.39 is 0 Å². The Morgan fingerprint density at radius 2 is 1.92 bits per heavy atom. The first-order chi connectivity index (χ1) is 11.7. The minimum Gasteiger partial charge on any atom is -0.324 e. The summed E-state index contributed by atoms with van der Waals surface area (Å²) in [5, 5.41) is 7.20. The van der Waals surface area contributed by atoms with Gasteiger partial charge in [-0.15, -0.1) is 11.8 Å². The van der Waals surface area contributed by atoms with Gasteiger partial charge in [0.05, 0.1) is 11.4 Å². The van der Waals surface area contributed by atoms with Crippen LogP contribution in [0.15, 0.2) is 76.4 Å². The second kappa shape index (κ2) is 8.17. The van der Waals surface area contributed by atoms with E-state index in [4.69, 9.17) is 0 Å². The topological polar surface area (TPSA) is 46.9 Å². The van der Waals surface area contributed by atoms with Crippen molar-refractivity contribution in [1.82, 2.24) is 9.78 Å². The molecule has 0 spiro atoms. The number of hydrogen-bond acceptors (Lipinski definition) is 3. The van der Waals surface area contributed by atoms with E-state index in [1.165, 1.54) is 0 Å². The molecule has 122 valence electrons. The molecule has 0 unspecified atom stereocenters. The molecule has 0 radical (unpaired) electrons. The fourth-order valence-corrected chi connectivity index (χ4v) is 3.73. The molecular formula is C18H16BrN3OS. The molecule has 0 saturated heterocycles. The number of nitrogens with one attached hydrogen (secondary N) is 1. The van der Waals surface area contributed by atoms with Crippen molar-refractivity contribution in [3.05, 3.63) is 71.5 Å². The molecule has 0 fully saturated rings. The number of rotatable bonds is 6. The highest BCUT2D eigenvalue weighted by atomic mass is 79.9. The van der Waals surface area contributed by atoms with Gasteiger partial charge in [-0.2, -0.15) is 5.10 Å². The number of amides is 1. The second-order valence-corrected chi connectivity index (χ2v) is 7.04. The van der Waals surface area contributed by atoms with Crippen molar-refractivity contribution in [2.24, 2.45) is 0 Å². The molecule has 3 aromatic rings. The highest BCUT2D eigenvalue weighted by Gasteiger charge is 2.09. The van der Waals surface area contributed by atoms with Crippen LogP contribution in [0.3, 0.4) is 0 Å². The summed E-state index contributed by atoms with van der Waals surface area (Å²) < 4.78 is 2.80. The van der Waals surface area contributed by atoms with Crippen molar-refractivity contribution in [2.45, 2.75) is 11.3 Å². The highest BCUT2D eigenvalue weighted by molar-refractivity contribution is 9.10. The molecule has 6 heteroatoms. The number of nitrogens with zero attached hydrogens (tertiary/aromatic N) is 2. The van der Waals surface area contributed by atoms with E-state index >= 15 is 0 Å². The van der Waals surface area contributed by atoms with Crippen LogP contribution in [0.4, 0.5) is 5.69 Å². The van der Waals surface area contributed by atoms with Crippen LogP contribution < -0.4 is 5.32 Å². The zero-order valence-corrected chi connectivity index (χ0v) is 15.3. The van der Waals surface area contributed by atoms with Crippen molar-refractivity contribution in [3.63, 3.8) is 0 Å². The van der Waals surface area contributed by atoms with Crippen molar-refractivity contribution in [1.29, 1.82) is 0 Å². The minimum atomic E-state index is -0.00541. The van der Waals surface area contributed by atoms with Gasteiger partial charge in [-0.3, -0.25) is 4.79 Å². The zero-order chi connectivity index (χ0) is 16.8. The summed E-state index contributed by atoms with van der Waals surface area (Å²) >= 11 is 5.18. The van der Waals surface area contributed by atoms with Gasteiger partial charge in [-0.25, -0.2) is 4.68 Å². The molecule has 0 bridgehead atoms. The van der Waals surface area contributed by atoms with Crippen molar-refractivity contribution >= 4 is 39.3 Å². The van der Waals surface area contributed by atoms with E-state index in [2.05, 4.69) is 26.3 Å². The number of thioether (sulfide) groups is 1. The Morgan fingerprint density at radius 1 is 1.12 bits per heavy atom. The number of carbonyl (C=O) groups excluding carboxylic acids is 1. The van der Waals surface area contributed by atoms with E-state index in [9.17, 15) is 4.79 Å². The normalized spacial score (nSPS) is 10.5. The van der Waals surface area contributed by atoms with Gasteiger partial charge in [-0.05, 0) is 46.3 Å². The predicted octanol–water partition coefficient (Wildman–Crippen LogP) is 4.76. The lowest BCUT2D eigenvalue weighted by Crippen LogP contribution is -2.14. The number of carbonyl (C=O) groups is 1. The van der Waals surface area contributed by atoms with Crippen molar-refractivity contribution in [2.75, 3.05) is 11.1 Å². The lowest BCUT2D eigenvalue weighted by molar-refractivity contribution is -0.115. The van der Waals surface area contributed by atoms with Crippen LogP contribution in [0.1, 0.15) is 6.42 Å². The smallest absolute Gasteiger partial charge is 0.225 e. The van der Waals surface area contributed by atoms with Crippen LogP contribution in [0.25, 0.3) is 5.69 Å². The summed E-state index contributed by atoms with van der Waals surface area (Å²) in [6.45, 7) is 0. The Kier molecular flexibility index (Phi) is 5.72. The number of hydrogen-bond donors (Lipinski definition) is 1. The summed E-state index contributed by atoms with van der Waals surface area (Å²) in [5.41, 5.74) is 1.62. The van der Waals surface area contributed by atoms with Gasteiger partial charge < -0.3 is 5.32 Å².